The predicted molar refractivity (Wildman–Crippen MR) is 135 cm³/mol. The summed E-state index contributed by atoms with van der Waals surface area (Å²) in [7, 11) is -3.92. The number of halogens is 2. The molecule has 2 aromatic carbocycles. The number of sulfone groups is 1. The molecule has 3 aromatic rings. The summed E-state index contributed by atoms with van der Waals surface area (Å²) >= 11 is 12.4. The van der Waals surface area contributed by atoms with Crippen LogP contribution in [0.15, 0.2) is 46.2 Å². The van der Waals surface area contributed by atoms with E-state index in [9.17, 15) is 13.2 Å². The highest BCUT2D eigenvalue weighted by Gasteiger charge is 2.29. The van der Waals surface area contributed by atoms with E-state index in [-0.39, 0.29) is 31.2 Å². The van der Waals surface area contributed by atoms with E-state index in [4.69, 9.17) is 28.2 Å². The summed E-state index contributed by atoms with van der Waals surface area (Å²) < 4.78 is 29.0. The molecule has 1 fully saturated rings. The Morgan fingerprint density at radius 3 is 2.26 bits per heavy atom. The first-order chi connectivity index (χ1) is 15.9. The number of carbonyl (C=O) groups is 1. The molecule has 2 heterocycles. The highest BCUT2D eigenvalue weighted by Crippen LogP contribution is 2.36. The number of hydrogen-bond acceptors (Lipinski definition) is 4. The van der Waals surface area contributed by atoms with Gasteiger partial charge in [0.05, 0.1) is 26.0 Å². The zero-order chi connectivity index (χ0) is 24.8. The van der Waals surface area contributed by atoms with Gasteiger partial charge in [0, 0.05) is 32.0 Å². The van der Waals surface area contributed by atoms with Crippen molar-refractivity contribution in [1.82, 2.24) is 14.5 Å². The molecule has 1 amide bonds. The number of imidazole rings is 1. The van der Waals surface area contributed by atoms with Crippen LogP contribution in [0.4, 0.5) is 0 Å². The van der Waals surface area contributed by atoms with Gasteiger partial charge in [0.1, 0.15) is 10.7 Å². The van der Waals surface area contributed by atoms with Crippen molar-refractivity contribution in [2.24, 2.45) is 5.92 Å². The predicted octanol–water partition coefficient (Wildman–Crippen LogP) is 5.73. The molecule has 34 heavy (non-hydrogen) atoms. The first-order valence-corrected chi connectivity index (χ1v) is 13.6. The van der Waals surface area contributed by atoms with Crippen LogP contribution in [0.2, 0.25) is 10.0 Å². The topological polar surface area (TPSA) is 72.3 Å². The molecule has 0 spiro atoms. The Bertz CT molecular complexity index is 1330. The van der Waals surface area contributed by atoms with Crippen molar-refractivity contribution in [3.05, 3.63) is 52.3 Å². The average molecular weight is 522 g/mol. The van der Waals surface area contributed by atoms with Crippen LogP contribution in [-0.4, -0.2) is 41.9 Å². The van der Waals surface area contributed by atoms with Gasteiger partial charge in [0.2, 0.25) is 15.7 Å². The van der Waals surface area contributed by atoms with E-state index in [0.717, 1.165) is 43.8 Å². The number of carbonyl (C=O) groups excluding carboxylic acids is 1. The third kappa shape index (κ3) is 4.70. The van der Waals surface area contributed by atoms with Crippen molar-refractivity contribution >= 4 is 50.0 Å². The Kier molecular flexibility index (Phi) is 6.75. The molecule has 1 aliphatic heterocycles. The minimum absolute atomic E-state index is 0.0883. The molecule has 0 N–H and O–H groups in total. The summed E-state index contributed by atoms with van der Waals surface area (Å²) in [6.07, 6.45) is 1.86. The highest BCUT2D eigenvalue weighted by molar-refractivity contribution is 7.91. The molecule has 0 saturated carbocycles. The molecule has 1 aromatic heterocycles. The maximum Gasteiger partial charge on any atom is 0.219 e. The molecule has 6 nitrogen and oxygen atoms in total. The number of benzene rings is 2. The summed E-state index contributed by atoms with van der Waals surface area (Å²) in [6, 6.07) is 9.67. The van der Waals surface area contributed by atoms with Crippen molar-refractivity contribution in [1.29, 1.82) is 0 Å². The van der Waals surface area contributed by atoms with Crippen LogP contribution in [0.1, 0.15) is 46.4 Å². The summed E-state index contributed by atoms with van der Waals surface area (Å²) in [5, 5.41) is 0.177. The smallest absolute Gasteiger partial charge is 0.219 e. The zero-order valence-corrected chi connectivity index (χ0v) is 22.1. The van der Waals surface area contributed by atoms with E-state index >= 15 is 0 Å². The Morgan fingerprint density at radius 1 is 1.09 bits per heavy atom. The lowest BCUT2D eigenvalue weighted by Crippen LogP contribution is -2.38. The summed E-state index contributed by atoms with van der Waals surface area (Å²) in [5.41, 5.74) is 1.28. The van der Waals surface area contributed by atoms with Gasteiger partial charge in [-0.3, -0.25) is 4.79 Å². The fraction of sp³-hybridized carbons (Fsp3) is 0.440. The Balaban J connectivity index is 1.74. The lowest BCUT2D eigenvalue weighted by Gasteiger charge is -2.32. The lowest BCUT2D eigenvalue weighted by molar-refractivity contribution is -0.130. The number of likely N-dealkylation sites (tertiary alicyclic amines) is 1. The van der Waals surface area contributed by atoms with E-state index < -0.39 is 9.84 Å². The monoisotopic (exact) mass is 521 g/mol. The highest BCUT2D eigenvalue weighted by atomic mass is 35.5. The SMILES string of the molecule is CC(=O)N1CCC(Cn2c(C(C)(C)C)nc3cc(S(=O)(=O)c4c(Cl)cccc4Cl)ccc32)CC1. The van der Waals surface area contributed by atoms with E-state index in [1.807, 2.05) is 11.0 Å². The Labute approximate surface area is 210 Å². The maximum absolute atomic E-state index is 13.4. The van der Waals surface area contributed by atoms with Gasteiger partial charge >= 0.3 is 0 Å². The molecular formula is C25H29Cl2N3O3S. The molecular weight excluding hydrogens is 493 g/mol. The quantitative estimate of drug-likeness (QED) is 0.439. The van der Waals surface area contributed by atoms with Gasteiger partial charge in [0.25, 0.3) is 0 Å². The Hall–Kier alpha value is -2.09. The fourth-order valence-electron chi connectivity index (χ4n) is 4.58. The second kappa shape index (κ2) is 9.17. The van der Waals surface area contributed by atoms with Crippen molar-refractivity contribution in [3.8, 4) is 0 Å². The number of rotatable bonds is 4. The van der Waals surface area contributed by atoms with E-state index in [2.05, 4.69) is 25.3 Å². The second-order valence-corrected chi connectivity index (χ2v) is 12.7. The van der Waals surface area contributed by atoms with Gasteiger partial charge in [0.15, 0.2) is 0 Å². The van der Waals surface area contributed by atoms with Crippen molar-refractivity contribution in [2.75, 3.05) is 13.1 Å². The van der Waals surface area contributed by atoms with Crippen LogP contribution in [-0.2, 0) is 26.6 Å². The van der Waals surface area contributed by atoms with E-state index in [1.165, 1.54) is 12.1 Å². The third-order valence-corrected chi connectivity index (χ3v) is 9.09. The van der Waals surface area contributed by atoms with Gasteiger partial charge in [-0.15, -0.1) is 0 Å². The summed E-state index contributed by atoms with van der Waals surface area (Å²) in [4.78, 5) is 18.5. The maximum atomic E-state index is 13.4. The molecule has 1 aliphatic rings. The van der Waals surface area contributed by atoms with Crippen LogP contribution < -0.4 is 0 Å². The number of hydrogen-bond donors (Lipinski definition) is 0. The molecule has 9 heteroatoms. The molecule has 0 atom stereocenters. The van der Waals surface area contributed by atoms with Gasteiger partial charge in [-0.05, 0) is 49.1 Å². The molecule has 1 saturated heterocycles. The number of aromatic nitrogens is 2. The van der Waals surface area contributed by atoms with Crippen LogP contribution in [0.5, 0.6) is 0 Å². The molecule has 0 aliphatic carbocycles. The lowest BCUT2D eigenvalue weighted by atomic mass is 9.93. The van der Waals surface area contributed by atoms with Crippen LogP contribution in [0, 0.1) is 5.92 Å². The van der Waals surface area contributed by atoms with E-state index in [1.54, 1.807) is 25.1 Å². The molecule has 0 bridgehead atoms. The summed E-state index contributed by atoms with van der Waals surface area (Å²) in [6.45, 7) is 10.2. The van der Waals surface area contributed by atoms with Gasteiger partial charge < -0.3 is 9.47 Å². The van der Waals surface area contributed by atoms with Crippen molar-refractivity contribution in [2.45, 2.75) is 62.3 Å². The van der Waals surface area contributed by atoms with Crippen molar-refractivity contribution < 1.29 is 13.2 Å². The fourth-order valence-corrected chi connectivity index (χ4v) is 6.99. The average Bonchev–Trinajstić information content (AvgIpc) is 3.12. The van der Waals surface area contributed by atoms with Gasteiger partial charge in [-0.25, -0.2) is 13.4 Å². The first-order valence-electron chi connectivity index (χ1n) is 11.3. The zero-order valence-electron chi connectivity index (χ0n) is 19.8. The van der Waals surface area contributed by atoms with E-state index in [0.29, 0.717) is 11.4 Å². The standard InChI is InChI=1S/C25H29Cl2N3O3S/c1-16(31)29-12-10-17(11-13-29)15-30-22-9-8-18(14-21(22)28-24(30)25(2,3)4)34(32,33)23-19(26)6-5-7-20(23)27/h5-9,14,17H,10-13,15H2,1-4H3. The van der Waals surface area contributed by atoms with Crippen LogP contribution in [0.25, 0.3) is 11.0 Å². The molecule has 0 radical (unpaired) electrons. The molecule has 182 valence electrons. The number of nitrogens with zero attached hydrogens (tertiary/aromatic N) is 3. The molecule has 0 unspecified atom stereocenters. The number of piperidine rings is 1. The van der Waals surface area contributed by atoms with Crippen LogP contribution in [0.3, 0.4) is 0 Å². The number of fused-ring (bicyclic) bond motifs is 1. The van der Waals surface area contributed by atoms with Crippen molar-refractivity contribution in [3.63, 3.8) is 0 Å². The molecule has 4 rings (SSSR count). The third-order valence-electron chi connectivity index (χ3n) is 6.39. The Morgan fingerprint density at radius 2 is 1.71 bits per heavy atom. The second-order valence-electron chi connectivity index (χ2n) is 9.95. The number of amides is 1. The van der Waals surface area contributed by atoms with Gasteiger partial charge in [-0.2, -0.15) is 0 Å². The first kappa shape index (κ1) is 25.0. The normalized spacial score (nSPS) is 15.8. The van der Waals surface area contributed by atoms with Gasteiger partial charge in [-0.1, -0.05) is 50.0 Å². The minimum atomic E-state index is -3.92. The minimum Gasteiger partial charge on any atom is -0.343 e. The summed E-state index contributed by atoms with van der Waals surface area (Å²) in [5.74, 6) is 1.44. The van der Waals surface area contributed by atoms with Crippen LogP contribution >= 0.6 is 23.2 Å². The largest absolute Gasteiger partial charge is 0.343 e.